The van der Waals surface area contributed by atoms with Gasteiger partial charge in [-0.05, 0) is 35.4 Å². The Labute approximate surface area is 175 Å². The molecule has 1 aliphatic heterocycles. The summed E-state index contributed by atoms with van der Waals surface area (Å²) in [5, 5.41) is 15.0. The van der Waals surface area contributed by atoms with Crippen molar-refractivity contribution in [1.82, 2.24) is 4.57 Å². The van der Waals surface area contributed by atoms with Crippen molar-refractivity contribution in [3.05, 3.63) is 75.1 Å². The van der Waals surface area contributed by atoms with Crippen LogP contribution in [0.25, 0.3) is 0 Å². The van der Waals surface area contributed by atoms with Gasteiger partial charge < -0.3 is 4.57 Å². The third-order valence-corrected chi connectivity index (χ3v) is 7.65. The summed E-state index contributed by atoms with van der Waals surface area (Å²) in [6.07, 6.45) is 2.47. The SMILES string of the molecule is C=CCSc1sccc1C(=O)c1cc2n(c1C(=O)c1ccsc1)CCC2C#N. The Hall–Kier alpha value is -2.40. The van der Waals surface area contributed by atoms with Crippen molar-refractivity contribution in [3.63, 3.8) is 0 Å². The molecule has 0 aromatic carbocycles. The van der Waals surface area contributed by atoms with E-state index in [-0.39, 0.29) is 17.5 Å². The summed E-state index contributed by atoms with van der Waals surface area (Å²) in [6, 6.07) is 7.62. The predicted molar refractivity (Wildman–Crippen MR) is 114 cm³/mol. The molecule has 0 fully saturated rings. The second kappa shape index (κ2) is 7.92. The van der Waals surface area contributed by atoms with Crippen LogP contribution in [0.4, 0.5) is 0 Å². The molecule has 1 atom stereocenters. The maximum Gasteiger partial charge on any atom is 0.210 e. The molecule has 0 N–H and O–H groups in total. The minimum Gasteiger partial charge on any atom is -0.340 e. The Bertz CT molecular complexity index is 1100. The number of carbonyl (C=O) groups is 2. The summed E-state index contributed by atoms with van der Waals surface area (Å²) >= 11 is 4.52. The fraction of sp³-hybridized carbons (Fsp3) is 0.190. The van der Waals surface area contributed by atoms with Crippen LogP contribution in [0.15, 0.2) is 51.2 Å². The van der Waals surface area contributed by atoms with Crippen molar-refractivity contribution >= 4 is 46.0 Å². The van der Waals surface area contributed by atoms with E-state index in [9.17, 15) is 14.9 Å². The van der Waals surface area contributed by atoms with Crippen molar-refractivity contribution in [2.24, 2.45) is 0 Å². The minimum atomic E-state index is -0.285. The first-order valence-corrected chi connectivity index (χ1v) is 11.5. The molecule has 0 spiro atoms. The lowest BCUT2D eigenvalue weighted by molar-refractivity contribution is 0.0997. The number of nitriles is 1. The maximum atomic E-state index is 13.4. The highest BCUT2D eigenvalue weighted by atomic mass is 32.2. The molecule has 28 heavy (non-hydrogen) atoms. The topological polar surface area (TPSA) is 62.9 Å². The van der Waals surface area contributed by atoms with Crippen molar-refractivity contribution in [3.8, 4) is 6.07 Å². The molecule has 0 amide bonds. The normalized spacial score (nSPS) is 15.2. The Kier molecular flexibility index (Phi) is 5.36. The summed E-state index contributed by atoms with van der Waals surface area (Å²) in [5.74, 6) is 0.104. The Morgan fingerprint density at radius 1 is 1.32 bits per heavy atom. The molecule has 4 rings (SSSR count). The number of carbonyl (C=O) groups excluding carboxylic acids is 2. The first kappa shape index (κ1) is 18.9. The highest BCUT2D eigenvalue weighted by Crippen LogP contribution is 2.37. The highest BCUT2D eigenvalue weighted by Gasteiger charge is 2.33. The Balaban J connectivity index is 1.82. The fourth-order valence-corrected chi connectivity index (χ4v) is 5.92. The van der Waals surface area contributed by atoms with E-state index >= 15 is 0 Å². The van der Waals surface area contributed by atoms with E-state index in [0.717, 1.165) is 9.90 Å². The molecule has 3 aromatic heterocycles. The molecule has 7 heteroatoms. The van der Waals surface area contributed by atoms with Gasteiger partial charge in [-0.3, -0.25) is 9.59 Å². The van der Waals surface area contributed by atoms with Gasteiger partial charge in [-0.2, -0.15) is 16.6 Å². The molecule has 3 aromatic rings. The van der Waals surface area contributed by atoms with Crippen LogP contribution in [-0.4, -0.2) is 21.9 Å². The largest absolute Gasteiger partial charge is 0.340 e. The van der Waals surface area contributed by atoms with Crippen molar-refractivity contribution in [1.29, 1.82) is 5.26 Å². The van der Waals surface area contributed by atoms with E-state index in [4.69, 9.17) is 0 Å². The lowest BCUT2D eigenvalue weighted by atomic mass is 9.99. The second-order valence-corrected chi connectivity index (χ2v) is 9.33. The number of fused-ring (bicyclic) bond motifs is 1. The van der Waals surface area contributed by atoms with Gasteiger partial charge in [0, 0.05) is 34.5 Å². The van der Waals surface area contributed by atoms with Crippen LogP contribution in [0, 0.1) is 11.3 Å². The first-order valence-electron chi connectivity index (χ1n) is 8.71. The lowest BCUT2D eigenvalue weighted by Gasteiger charge is -2.08. The van der Waals surface area contributed by atoms with Crippen LogP contribution in [0.2, 0.25) is 0 Å². The second-order valence-electron chi connectivity index (χ2n) is 6.35. The maximum absolute atomic E-state index is 13.4. The van der Waals surface area contributed by atoms with Crippen molar-refractivity contribution in [2.75, 3.05) is 5.75 Å². The van der Waals surface area contributed by atoms with Crippen molar-refractivity contribution in [2.45, 2.75) is 23.1 Å². The van der Waals surface area contributed by atoms with Crippen LogP contribution in [-0.2, 0) is 6.54 Å². The smallest absolute Gasteiger partial charge is 0.210 e. The molecule has 0 bridgehead atoms. The van der Waals surface area contributed by atoms with Gasteiger partial charge in [0.05, 0.1) is 21.8 Å². The molecule has 1 unspecified atom stereocenters. The number of thiophene rings is 2. The van der Waals surface area contributed by atoms with Gasteiger partial charge in [-0.25, -0.2) is 0 Å². The minimum absolute atomic E-state index is 0.162. The third kappa shape index (κ3) is 3.18. The molecule has 4 nitrogen and oxygen atoms in total. The highest BCUT2D eigenvalue weighted by molar-refractivity contribution is 8.01. The van der Waals surface area contributed by atoms with E-state index < -0.39 is 0 Å². The van der Waals surface area contributed by atoms with Gasteiger partial charge in [-0.1, -0.05) is 6.08 Å². The molecule has 0 saturated carbocycles. The van der Waals surface area contributed by atoms with E-state index in [2.05, 4.69) is 12.6 Å². The summed E-state index contributed by atoms with van der Waals surface area (Å²) < 4.78 is 2.78. The first-order chi connectivity index (χ1) is 13.7. The molecular weight excluding hydrogens is 408 g/mol. The zero-order valence-corrected chi connectivity index (χ0v) is 17.3. The van der Waals surface area contributed by atoms with Gasteiger partial charge in [0.25, 0.3) is 0 Å². The van der Waals surface area contributed by atoms with Crippen LogP contribution in [0.1, 0.15) is 50.0 Å². The number of hydrogen-bond donors (Lipinski definition) is 0. The number of ketones is 2. The van der Waals surface area contributed by atoms with Crippen LogP contribution < -0.4 is 0 Å². The number of hydrogen-bond acceptors (Lipinski definition) is 6. The van der Waals surface area contributed by atoms with E-state index in [1.165, 1.54) is 22.7 Å². The molecule has 140 valence electrons. The Morgan fingerprint density at radius 2 is 2.18 bits per heavy atom. The summed E-state index contributed by atoms with van der Waals surface area (Å²) in [6.45, 7) is 4.31. The van der Waals surface area contributed by atoms with Gasteiger partial charge in [0.15, 0.2) is 5.78 Å². The van der Waals surface area contributed by atoms with Crippen molar-refractivity contribution < 1.29 is 9.59 Å². The number of rotatable bonds is 7. The zero-order chi connectivity index (χ0) is 19.7. The number of nitrogens with zero attached hydrogens (tertiary/aromatic N) is 2. The van der Waals surface area contributed by atoms with Crippen LogP contribution in [0.3, 0.4) is 0 Å². The quantitative estimate of drug-likeness (QED) is 0.291. The zero-order valence-electron chi connectivity index (χ0n) is 14.9. The molecule has 0 saturated heterocycles. The number of thioether (sulfide) groups is 1. The number of aromatic nitrogens is 1. The molecule has 0 aliphatic carbocycles. The van der Waals surface area contributed by atoms with Gasteiger partial charge in [-0.15, -0.1) is 29.7 Å². The van der Waals surface area contributed by atoms with E-state index in [1.807, 2.05) is 21.4 Å². The lowest BCUT2D eigenvalue weighted by Crippen LogP contribution is -2.14. The van der Waals surface area contributed by atoms with Gasteiger partial charge in [0.1, 0.15) is 5.69 Å². The summed E-state index contributed by atoms with van der Waals surface area (Å²) in [5.41, 5.74) is 2.74. The third-order valence-electron chi connectivity index (χ3n) is 4.73. The Morgan fingerprint density at radius 3 is 2.89 bits per heavy atom. The van der Waals surface area contributed by atoms with Gasteiger partial charge >= 0.3 is 0 Å². The predicted octanol–water partition coefficient (Wildman–Crippen LogP) is 5.36. The monoisotopic (exact) mass is 424 g/mol. The molecule has 1 aliphatic rings. The molecule has 0 radical (unpaired) electrons. The van der Waals surface area contributed by atoms with Crippen LogP contribution in [0.5, 0.6) is 0 Å². The molecular formula is C21H16N2O2S3. The standard InChI is InChI=1S/C21H16N2O2S3/c1-2-7-27-21-15(5-9-28-21)20(25)16-10-17-13(11-22)3-6-23(17)18(16)19(24)14-4-8-26-12-14/h2,4-5,8-10,12-13H,1,3,6-7H2. The average molecular weight is 425 g/mol. The summed E-state index contributed by atoms with van der Waals surface area (Å²) in [4.78, 5) is 26.6. The van der Waals surface area contributed by atoms with Gasteiger partial charge in [0.2, 0.25) is 5.78 Å². The van der Waals surface area contributed by atoms with E-state index in [1.54, 1.807) is 35.4 Å². The average Bonchev–Trinajstić information content (AvgIpc) is 3.48. The fourth-order valence-electron chi connectivity index (χ4n) is 3.44. The summed E-state index contributed by atoms with van der Waals surface area (Å²) in [7, 11) is 0. The molecule has 4 heterocycles. The van der Waals surface area contributed by atoms with E-state index in [0.29, 0.717) is 41.1 Å². The van der Waals surface area contributed by atoms with Crippen LogP contribution >= 0.6 is 34.4 Å².